The van der Waals surface area contributed by atoms with E-state index in [-0.39, 0.29) is 0 Å². The lowest BCUT2D eigenvalue weighted by Gasteiger charge is -2.48. The highest BCUT2D eigenvalue weighted by Gasteiger charge is 2.33. The van der Waals surface area contributed by atoms with Crippen LogP contribution in [0.2, 0.25) is 0 Å². The molecule has 2 aromatic heterocycles. The number of piperazine rings is 1. The second-order valence-electron chi connectivity index (χ2n) is 6.27. The van der Waals surface area contributed by atoms with E-state index in [0.717, 1.165) is 61.6 Å². The minimum atomic E-state index is 0.704. The van der Waals surface area contributed by atoms with E-state index in [0.29, 0.717) is 6.04 Å². The van der Waals surface area contributed by atoms with Crippen LogP contribution in [0.5, 0.6) is 0 Å². The first-order valence-electron chi connectivity index (χ1n) is 8.19. The average molecular weight is 330 g/mol. The van der Waals surface area contributed by atoms with Gasteiger partial charge >= 0.3 is 0 Å². The van der Waals surface area contributed by atoms with Crippen molar-refractivity contribution >= 4 is 17.2 Å². The molecule has 122 valence electrons. The fraction of sp³-hybridized carbons (Fsp3) is 0.562. The second-order valence-corrected chi connectivity index (χ2v) is 7.54. The fourth-order valence-corrected chi connectivity index (χ4v) is 4.10. The molecule has 0 aromatic carbocycles. The lowest BCUT2D eigenvalue weighted by Crippen LogP contribution is -2.62. The van der Waals surface area contributed by atoms with Crippen LogP contribution in [-0.2, 0) is 6.54 Å². The number of anilines is 1. The van der Waals surface area contributed by atoms with Gasteiger partial charge in [-0.1, -0.05) is 6.07 Å². The Morgan fingerprint density at radius 3 is 2.61 bits per heavy atom. The lowest BCUT2D eigenvalue weighted by molar-refractivity contribution is 0.0254. The van der Waals surface area contributed by atoms with Crippen molar-refractivity contribution in [2.24, 2.45) is 0 Å². The molecule has 2 aromatic rings. The van der Waals surface area contributed by atoms with Crippen LogP contribution in [0.4, 0.5) is 5.82 Å². The molecule has 0 radical (unpaired) electrons. The SMILES string of the molecule is Cc1nnc(CN2CC(N3CCN(c4ccccn4)CC3)C2)s1. The highest BCUT2D eigenvalue weighted by atomic mass is 32.1. The van der Waals surface area contributed by atoms with Gasteiger partial charge in [-0.3, -0.25) is 9.80 Å². The van der Waals surface area contributed by atoms with Gasteiger partial charge in [0.2, 0.25) is 0 Å². The number of aromatic nitrogens is 3. The van der Waals surface area contributed by atoms with Gasteiger partial charge in [0.15, 0.2) is 0 Å². The molecule has 0 bridgehead atoms. The lowest BCUT2D eigenvalue weighted by atomic mass is 10.1. The molecular weight excluding hydrogens is 308 g/mol. The summed E-state index contributed by atoms with van der Waals surface area (Å²) < 4.78 is 0. The van der Waals surface area contributed by atoms with E-state index >= 15 is 0 Å². The molecule has 0 saturated carbocycles. The summed E-state index contributed by atoms with van der Waals surface area (Å²) in [6, 6.07) is 6.84. The monoisotopic (exact) mass is 330 g/mol. The first-order chi connectivity index (χ1) is 11.3. The minimum absolute atomic E-state index is 0.704. The van der Waals surface area contributed by atoms with Crippen molar-refractivity contribution in [2.75, 3.05) is 44.2 Å². The Bertz CT molecular complexity index is 631. The molecule has 4 heterocycles. The fourth-order valence-electron chi connectivity index (χ4n) is 3.35. The second kappa shape index (κ2) is 6.51. The number of pyridine rings is 1. The summed E-state index contributed by atoms with van der Waals surface area (Å²) in [5, 5.41) is 10.5. The van der Waals surface area contributed by atoms with Gasteiger partial charge < -0.3 is 4.90 Å². The molecule has 0 spiro atoms. The summed E-state index contributed by atoms with van der Waals surface area (Å²) in [6.07, 6.45) is 1.88. The minimum Gasteiger partial charge on any atom is -0.354 e. The van der Waals surface area contributed by atoms with Crippen LogP contribution in [0.25, 0.3) is 0 Å². The summed E-state index contributed by atoms with van der Waals surface area (Å²) in [7, 11) is 0. The van der Waals surface area contributed by atoms with E-state index in [1.807, 2.05) is 19.2 Å². The summed E-state index contributed by atoms with van der Waals surface area (Å²) in [5.74, 6) is 1.11. The number of hydrogen-bond acceptors (Lipinski definition) is 7. The van der Waals surface area contributed by atoms with Crippen LogP contribution in [0.1, 0.15) is 10.0 Å². The summed E-state index contributed by atoms with van der Waals surface area (Å²) in [5.41, 5.74) is 0. The molecule has 4 rings (SSSR count). The number of likely N-dealkylation sites (tertiary alicyclic amines) is 1. The highest BCUT2D eigenvalue weighted by Crippen LogP contribution is 2.21. The van der Waals surface area contributed by atoms with Gasteiger partial charge in [0.05, 0.1) is 6.54 Å². The van der Waals surface area contributed by atoms with Crippen molar-refractivity contribution in [3.05, 3.63) is 34.4 Å². The smallest absolute Gasteiger partial charge is 0.131 e. The van der Waals surface area contributed by atoms with E-state index < -0.39 is 0 Å². The zero-order chi connectivity index (χ0) is 15.6. The molecule has 2 fully saturated rings. The molecule has 23 heavy (non-hydrogen) atoms. The Morgan fingerprint density at radius 1 is 1.13 bits per heavy atom. The zero-order valence-corrected chi connectivity index (χ0v) is 14.2. The van der Waals surface area contributed by atoms with E-state index in [4.69, 9.17) is 0 Å². The quantitative estimate of drug-likeness (QED) is 0.841. The zero-order valence-electron chi connectivity index (χ0n) is 13.4. The van der Waals surface area contributed by atoms with E-state index in [2.05, 4.69) is 42.0 Å². The van der Waals surface area contributed by atoms with Crippen LogP contribution in [0, 0.1) is 6.92 Å². The van der Waals surface area contributed by atoms with E-state index in [9.17, 15) is 0 Å². The first-order valence-corrected chi connectivity index (χ1v) is 9.01. The molecule has 2 aliphatic rings. The van der Waals surface area contributed by atoms with Gasteiger partial charge in [0.1, 0.15) is 15.8 Å². The topological polar surface area (TPSA) is 48.4 Å². The molecule has 7 heteroatoms. The van der Waals surface area contributed by atoms with Crippen molar-refractivity contribution < 1.29 is 0 Å². The van der Waals surface area contributed by atoms with Crippen LogP contribution in [-0.4, -0.2) is 70.3 Å². The molecule has 0 aliphatic carbocycles. The Hall–Kier alpha value is -1.57. The van der Waals surface area contributed by atoms with Gasteiger partial charge in [0.25, 0.3) is 0 Å². The third-order valence-corrected chi connectivity index (χ3v) is 5.49. The largest absolute Gasteiger partial charge is 0.354 e. The van der Waals surface area contributed by atoms with Crippen molar-refractivity contribution in [3.8, 4) is 0 Å². The maximum absolute atomic E-state index is 4.45. The summed E-state index contributed by atoms with van der Waals surface area (Å²) in [4.78, 5) is 11.9. The van der Waals surface area contributed by atoms with Gasteiger partial charge in [-0.05, 0) is 19.1 Å². The third kappa shape index (κ3) is 3.36. The van der Waals surface area contributed by atoms with Gasteiger partial charge in [-0.2, -0.15) is 0 Å². The number of rotatable bonds is 4. The predicted octanol–water partition coefficient (Wildman–Crippen LogP) is 1.25. The van der Waals surface area contributed by atoms with Crippen molar-refractivity contribution in [3.63, 3.8) is 0 Å². The molecule has 2 aliphatic heterocycles. The summed E-state index contributed by atoms with van der Waals surface area (Å²) in [6.45, 7) is 9.69. The van der Waals surface area contributed by atoms with Crippen LogP contribution in [0.3, 0.4) is 0 Å². The number of aryl methyl sites for hydroxylation is 1. The standard InChI is InChI=1S/C16H22N6S/c1-13-18-19-16(23-13)12-20-10-14(11-20)21-6-8-22(9-7-21)15-4-2-3-5-17-15/h2-5,14H,6-12H2,1H3. The normalized spacial score (nSPS) is 20.7. The molecular formula is C16H22N6S. The molecule has 0 atom stereocenters. The van der Waals surface area contributed by atoms with E-state index in [1.54, 1.807) is 11.3 Å². The van der Waals surface area contributed by atoms with Gasteiger partial charge in [0, 0.05) is 51.5 Å². The van der Waals surface area contributed by atoms with Gasteiger partial charge in [-0.15, -0.1) is 21.5 Å². The van der Waals surface area contributed by atoms with Crippen LogP contribution < -0.4 is 4.90 Å². The maximum atomic E-state index is 4.45. The van der Waals surface area contributed by atoms with Crippen molar-refractivity contribution in [1.82, 2.24) is 25.0 Å². The molecule has 6 nitrogen and oxygen atoms in total. The summed E-state index contributed by atoms with van der Waals surface area (Å²) >= 11 is 1.71. The van der Waals surface area contributed by atoms with E-state index in [1.165, 1.54) is 0 Å². The third-order valence-electron chi connectivity index (χ3n) is 4.67. The predicted molar refractivity (Wildman–Crippen MR) is 91.7 cm³/mol. The Balaban J connectivity index is 1.23. The molecule has 0 unspecified atom stereocenters. The van der Waals surface area contributed by atoms with Crippen molar-refractivity contribution in [1.29, 1.82) is 0 Å². The highest BCUT2D eigenvalue weighted by molar-refractivity contribution is 7.11. The van der Waals surface area contributed by atoms with Crippen LogP contribution in [0.15, 0.2) is 24.4 Å². The molecule has 0 amide bonds. The number of hydrogen-bond donors (Lipinski definition) is 0. The maximum Gasteiger partial charge on any atom is 0.131 e. The van der Waals surface area contributed by atoms with Gasteiger partial charge in [-0.25, -0.2) is 4.98 Å². The Labute approximate surface area is 140 Å². The number of nitrogens with zero attached hydrogens (tertiary/aromatic N) is 6. The molecule has 2 saturated heterocycles. The van der Waals surface area contributed by atoms with Crippen LogP contribution >= 0.6 is 11.3 Å². The first kappa shape index (κ1) is 15.0. The van der Waals surface area contributed by atoms with Crippen molar-refractivity contribution in [2.45, 2.75) is 19.5 Å². The Morgan fingerprint density at radius 2 is 1.96 bits per heavy atom. The Kier molecular flexibility index (Phi) is 4.24. The average Bonchev–Trinajstić information content (AvgIpc) is 2.97. The molecule has 0 N–H and O–H groups in total.